The van der Waals surface area contributed by atoms with E-state index in [1.807, 2.05) is 31.2 Å². The first-order valence-corrected chi connectivity index (χ1v) is 7.17. The zero-order chi connectivity index (χ0) is 15.2. The van der Waals surface area contributed by atoms with E-state index in [4.69, 9.17) is 4.74 Å². The number of aryl methyl sites for hydroxylation is 2. The Kier molecular flexibility index (Phi) is 5.09. The van der Waals surface area contributed by atoms with Crippen molar-refractivity contribution in [2.24, 2.45) is 5.92 Å². The molecule has 1 aromatic heterocycles. The molecule has 0 aliphatic carbocycles. The monoisotopic (exact) mass is 287 g/mol. The summed E-state index contributed by atoms with van der Waals surface area (Å²) in [4.78, 5) is 11.1. The van der Waals surface area contributed by atoms with Gasteiger partial charge in [-0.05, 0) is 31.4 Å². The number of aldehydes is 1. The Labute approximate surface area is 124 Å². The second-order valence-corrected chi connectivity index (χ2v) is 5.55. The Morgan fingerprint density at radius 1 is 1.29 bits per heavy atom. The molecule has 2 aromatic rings. The first-order chi connectivity index (χ1) is 10.1. The lowest BCUT2D eigenvalue weighted by molar-refractivity contribution is 0.111. The number of carbonyl (C=O) groups is 1. The number of hydrogen-bond acceptors (Lipinski definition) is 4. The van der Waals surface area contributed by atoms with Crippen molar-refractivity contribution in [1.82, 2.24) is 15.0 Å². The van der Waals surface area contributed by atoms with Crippen LogP contribution in [0.4, 0.5) is 0 Å². The van der Waals surface area contributed by atoms with Gasteiger partial charge in [-0.15, -0.1) is 5.10 Å². The van der Waals surface area contributed by atoms with E-state index >= 15 is 0 Å². The van der Waals surface area contributed by atoms with Gasteiger partial charge in [-0.3, -0.25) is 4.79 Å². The number of nitrogens with zero attached hydrogens (tertiary/aromatic N) is 3. The van der Waals surface area contributed by atoms with Crippen LogP contribution in [0.3, 0.4) is 0 Å². The molecule has 1 heterocycles. The number of rotatable bonds is 7. The molecular weight excluding hydrogens is 266 g/mol. The minimum Gasteiger partial charge on any atom is -0.487 e. The maximum absolute atomic E-state index is 11.1. The molecule has 0 atom stereocenters. The van der Waals surface area contributed by atoms with E-state index in [2.05, 4.69) is 24.2 Å². The van der Waals surface area contributed by atoms with Crippen LogP contribution in [0.5, 0.6) is 5.75 Å². The van der Waals surface area contributed by atoms with E-state index in [-0.39, 0.29) is 0 Å². The quantitative estimate of drug-likeness (QED) is 0.734. The van der Waals surface area contributed by atoms with Crippen LogP contribution in [0.15, 0.2) is 24.3 Å². The summed E-state index contributed by atoms with van der Waals surface area (Å²) in [5.74, 6) is 1.34. The average molecular weight is 287 g/mol. The molecule has 112 valence electrons. The first-order valence-electron chi connectivity index (χ1n) is 7.17. The molecule has 0 aliphatic rings. The van der Waals surface area contributed by atoms with Crippen LogP contribution in [0, 0.1) is 12.8 Å². The number of benzene rings is 1. The maximum Gasteiger partial charge on any atom is 0.172 e. The van der Waals surface area contributed by atoms with Crippen molar-refractivity contribution in [3.05, 3.63) is 41.2 Å². The summed E-state index contributed by atoms with van der Waals surface area (Å²) < 4.78 is 7.50. The largest absolute Gasteiger partial charge is 0.487 e. The van der Waals surface area contributed by atoms with E-state index in [1.54, 1.807) is 4.68 Å². The van der Waals surface area contributed by atoms with Gasteiger partial charge in [0.15, 0.2) is 12.0 Å². The van der Waals surface area contributed by atoms with Crippen LogP contribution in [0.1, 0.15) is 42.0 Å². The van der Waals surface area contributed by atoms with Crippen molar-refractivity contribution in [1.29, 1.82) is 0 Å². The van der Waals surface area contributed by atoms with Gasteiger partial charge in [-0.25, -0.2) is 4.68 Å². The molecule has 0 fully saturated rings. The molecule has 0 amide bonds. The summed E-state index contributed by atoms with van der Waals surface area (Å²) in [6.45, 7) is 7.37. The van der Waals surface area contributed by atoms with Gasteiger partial charge in [0.25, 0.3) is 0 Å². The summed E-state index contributed by atoms with van der Waals surface area (Å²) in [5.41, 5.74) is 2.26. The molecule has 0 unspecified atom stereocenters. The lowest BCUT2D eigenvalue weighted by Gasteiger charge is -2.10. The third kappa shape index (κ3) is 4.15. The van der Waals surface area contributed by atoms with Crippen molar-refractivity contribution < 1.29 is 9.53 Å². The van der Waals surface area contributed by atoms with Crippen molar-refractivity contribution in [2.45, 2.75) is 40.3 Å². The van der Waals surface area contributed by atoms with Crippen molar-refractivity contribution in [2.75, 3.05) is 0 Å². The first kappa shape index (κ1) is 15.2. The SMILES string of the molecule is Cc1ccc(OCc2c(C=O)nnn2CCC(C)C)cc1. The molecule has 0 saturated carbocycles. The summed E-state index contributed by atoms with van der Waals surface area (Å²) in [7, 11) is 0. The molecule has 0 bridgehead atoms. The number of hydrogen-bond donors (Lipinski definition) is 0. The average Bonchev–Trinajstić information content (AvgIpc) is 2.86. The summed E-state index contributed by atoms with van der Waals surface area (Å²) in [6.07, 6.45) is 1.71. The van der Waals surface area contributed by atoms with Crippen LogP contribution in [-0.4, -0.2) is 21.3 Å². The molecule has 5 heteroatoms. The summed E-state index contributed by atoms with van der Waals surface area (Å²) >= 11 is 0. The normalized spacial score (nSPS) is 10.9. The number of ether oxygens (including phenoxy) is 1. The molecule has 0 saturated heterocycles. The van der Waals surface area contributed by atoms with Crippen LogP contribution in [-0.2, 0) is 13.2 Å². The standard InChI is InChI=1S/C16H21N3O2/c1-12(2)8-9-19-16(15(10-20)17-18-19)11-21-14-6-4-13(3)5-7-14/h4-7,10,12H,8-9,11H2,1-3H3. The zero-order valence-electron chi connectivity index (χ0n) is 12.7. The smallest absolute Gasteiger partial charge is 0.172 e. The highest BCUT2D eigenvalue weighted by atomic mass is 16.5. The van der Waals surface area contributed by atoms with Gasteiger partial charge in [0.05, 0.1) is 0 Å². The fourth-order valence-corrected chi connectivity index (χ4v) is 1.93. The lowest BCUT2D eigenvalue weighted by atomic mass is 10.1. The predicted octanol–water partition coefficient (Wildman–Crippen LogP) is 3.02. The van der Waals surface area contributed by atoms with Gasteiger partial charge < -0.3 is 4.74 Å². The van der Waals surface area contributed by atoms with Gasteiger partial charge in [-0.1, -0.05) is 36.8 Å². The molecular formula is C16H21N3O2. The molecule has 21 heavy (non-hydrogen) atoms. The fourth-order valence-electron chi connectivity index (χ4n) is 1.93. The van der Waals surface area contributed by atoms with E-state index in [1.165, 1.54) is 5.56 Å². The summed E-state index contributed by atoms with van der Waals surface area (Å²) in [6, 6.07) is 7.81. The Hall–Kier alpha value is -2.17. The third-order valence-corrected chi connectivity index (χ3v) is 3.29. The summed E-state index contributed by atoms with van der Waals surface area (Å²) in [5, 5.41) is 7.94. The molecule has 0 radical (unpaired) electrons. The van der Waals surface area contributed by atoms with Gasteiger partial charge in [0, 0.05) is 6.54 Å². The second-order valence-electron chi connectivity index (χ2n) is 5.55. The third-order valence-electron chi connectivity index (χ3n) is 3.29. The van der Waals surface area contributed by atoms with Gasteiger partial charge in [-0.2, -0.15) is 0 Å². The Balaban J connectivity index is 2.08. The van der Waals surface area contributed by atoms with E-state index in [0.717, 1.165) is 30.7 Å². The van der Waals surface area contributed by atoms with Crippen molar-refractivity contribution >= 4 is 6.29 Å². The number of carbonyl (C=O) groups excluding carboxylic acids is 1. The van der Waals surface area contributed by atoms with Crippen LogP contribution in [0.2, 0.25) is 0 Å². The highest BCUT2D eigenvalue weighted by molar-refractivity contribution is 5.73. The van der Waals surface area contributed by atoms with Gasteiger partial charge in [0.2, 0.25) is 0 Å². The van der Waals surface area contributed by atoms with Gasteiger partial charge in [0.1, 0.15) is 18.1 Å². The molecule has 0 spiro atoms. The van der Waals surface area contributed by atoms with E-state index in [0.29, 0.717) is 18.2 Å². The Morgan fingerprint density at radius 2 is 2.00 bits per heavy atom. The number of aromatic nitrogens is 3. The Morgan fingerprint density at radius 3 is 2.62 bits per heavy atom. The molecule has 0 aliphatic heterocycles. The van der Waals surface area contributed by atoms with E-state index < -0.39 is 0 Å². The Bertz CT molecular complexity index is 588. The minimum absolute atomic E-state index is 0.294. The zero-order valence-corrected chi connectivity index (χ0v) is 12.7. The van der Waals surface area contributed by atoms with Crippen LogP contribution in [0.25, 0.3) is 0 Å². The molecule has 1 aromatic carbocycles. The second kappa shape index (κ2) is 7.02. The predicted molar refractivity (Wildman–Crippen MR) is 80.4 cm³/mol. The molecule has 0 N–H and O–H groups in total. The topological polar surface area (TPSA) is 57.0 Å². The highest BCUT2D eigenvalue weighted by Crippen LogP contribution is 2.15. The fraction of sp³-hybridized carbons (Fsp3) is 0.438. The van der Waals surface area contributed by atoms with Crippen LogP contribution >= 0.6 is 0 Å². The molecule has 5 nitrogen and oxygen atoms in total. The minimum atomic E-state index is 0.294. The van der Waals surface area contributed by atoms with Gasteiger partial charge >= 0.3 is 0 Å². The van der Waals surface area contributed by atoms with Crippen LogP contribution < -0.4 is 4.74 Å². The molecule has 2 rings (SSSR count). The maximum atomic E-state index is 11.1. The van der Waals surface area contributed by atoms with Crippen molar-refractivity contribution in [3.8, 4) is 5.75 Å². The highest BCUT2D eigenvalue weighted by Gasteiger charge is 2.13. The van der Waals surface area contributed by atoms with Crippen molar-refractivity contribution in [3.63, 3.8) is 0 Å². The lowest BCUT2D eigenvalue weighted by Crippen LogP contribution is -2.11. The van der Waals surface area contributed by atoms with E-state index in [9.17, 15) is 4.79 Å².